The maximum Gasteiger partial charge on any atom is 0.289 e. The molecule has 1 amide bonds. The molecule has 1 aromatic rings. The predicted octanol–water partition coefficient (Wildman–Crippen LogP) is 2.05. The summed E-state index contributed by atoms with van der Waals surface area (Å²) in [4.78, 5) is 23.7. The van der Waals surface area contributed by atoms with Gasteiger partial charge in [-0.25, -0.2) is 0 Å². The minimum Gasteiger partial charge on any atom is -0.496 e. The third-order valence-electron chi connectivity index (χ3n) is 2.60. The Labute approximate surface area is 115 Å². The van der Waals surface area contributed by atoms with Gasteiger partial charge in [0.15, 0.2) is 0 Å². The van der Waals surface area contributed by atoms with Gasteiger partial charge in [-0.05, 0) is 40.0 Å². The van der Waals surface area contributed by atoms with Crippen molar-refractivity contribution >= 4 is 27.6 Å². The van der Waals surface area contributed by atoms with Gasteiger partial charge in [-0.3, -0.25) is 9.59 Å². The summed E-state index contributed by atoms with van der Waals surface area (Å²) in [6.07, 6.45) is 0.693. The molecule has 0 aliphatic rings. The first-order chi connectivity index (χ1) is 8.45. The number of hydrogen-bond acceptors (Lipinski definition) is 3. The van der Waals surface area contributed by atoms with Crippen LogP contribution in [0.25, 0.3) is 0 Å². The monoisotopic (exact) mass is 313 g/mol. The summed E-state index contributed by atoms with van der Waals surface area (Å²) in [5, 5.41) is 0. The maximum atomic E-state index is 11.4. The zero-order valence-electron chi connectivity index (χ0n) is 10.7. The average molecular weight is 314 g/mol. The quantitative estimate of drug-likeness (QED) is 0.782. The van der Waals surface area contributed by atoms with Crippen molar-refractivity contribution in [1.82, 2.24) is 4.90 Å². The summed E-state index contributed by atoms with van der Waals surface area (Å²) in [7, 11) is 3.24. The van der Waals surface area contributed by atoms with Crippen molar-refractivity contribution in [2.45, 2.75) is 13.3 Å². The number of likely N-dealkylation sites (N-methyl/N-ethyl adjacent to an activating group) is 1. The summed E-state index contributed by atoms with van der Waals surface area (Å²) < 4.78 is 6.02. The molecular formula is C13H16BrNO3. The van der Waals surface area contributed by atoms with E-state index in [1.165, 1.54) is 11.8 Å². The van der Waals surface area contributed by atoms with Crippen LogP contribution in [-0.2, 0) is 16.0 Å². The number of benzene rings is 1. The Morgan fingerprint density at radius 3 is 2.56 bits per heavy atom. The summed E-state index contributed by atoms with van der Waals surface area (Å²) in [5.41, 5.74) is 1.07. The van der Waals surface area contributed by atoms with E-state index in [0.717, 1.165) is 15.8 Å². The van der Waals surface area contributed by atoms with Gasteiger partial charge < -0.3 is 9.64 Å². The molecule has 0 N–H and O–H groups in total. The van der Waals surface area contributed by atoms with Gasteiger partial charge in [-0.2, -0.15) is 0 Å². The Bertz CT molecular complexity index is 460. The van der Waals surface area contributed by atoms with Crippen LogP contribution in [0.15, 0.2) is 22.7 Å². The average Bonchev–Trinajstić information content (AvgIpc) is 2.35. The first kappa shape index (κ1) is 14.7. The van der Waals surface area contributed by atoms with Crippen molar-refractivity contribution in [2.24, 2.45) is 0 Å². The molecule has 4 nitrogen and oxygen atoms in total. The van der Waals surface area contributed by atoms with Crippen molar-refractivity contribution in [2.75, 3.05) is 20.7 Å². The van der Waals surface area contributed by atoms with Gasteiger partial charge in [0.1, 0.15) is 5.75 Å². The second kappa shape index (κ2) is 6.54. The predicted molar refractivity (Wildman–Crippen MR) is 72.7 cm³/mol. The number of Topliss-reactive ketones (excluding diaryl/α,β-unsaturated/α-hetero) is 1. The Morgan fingerprint density at radius 1 is 1.39 bits per heavy atom. The molecule has 1 aromatic carbocycles. The zero-order chi connectivity index (χ0) is 13.7. The van der Waals surface area contributed by atoms with E-state index in [4.69, 9.17) is 4.74 Å². The summed E-state index contributed by atoms with van der Waals surface area (Å²) in [5.74, 6) is -0.122. The van der Waals surface area contributed by atoms with Crippen molar-refractivity contribution < 1.29 is 14.3 Å². The van der Waals surface area contributed by atoms with E-state index >= 15 is 0 Å². The lowest BCUT2D eigenvalue weighted by atomic mass is 10.1. The second-order valence-electron chi connectivity index (χ2n) is 4.00. The molecule has 18 heavy (non-hydrogen) atoms. The molecule has 5 heteroatoms. The Morgan fingerprint density at radius 2 is 2.06 bits per heavy atom. The highest BCUT2D eigenvalue weighted by Gasteiger charge is 2.13. The standard InChI is InChI=1S/C13H16BrNO3/c1-9(16)13(17)15(2)7-6-10-4-5-12(18-3)11(14)8-10/h4-5,8H,6-7H2,1-3H3. The molecule has 0 aliphatic heterocycles. The number of ketones is 1. The van der Waals surface area contributed by atoms with Gasteiger partial charge in [0.25, 0.3) is 5.91 Å². The van der Waals surface area contributed by atoms with E-state index in [2.05, 4.69) is 15.9 Å². The van der Waals surface area contributed by atoms with E-state index in [1.807, 2.05) is 18.2 Å². The second-order valence-corrected chi connectivity index (χ2v) is 4.86. The third-order valence-corrected chi connectivity index (χ3v) is 3.22. The molecule has 0 radical (unpaired) electrons. The first-order valence-electron chi connectivity index (χ1n) is 5.54. The number of methoxy groups -OCH3 is 1. The Hall–Kier alpha value is -1.36. The smallest absolute Gasteiger partial charge is 0.289 e. The number of rotatable bonds is 5. The summed E-state index contributed by atoms with van der Waals surface area (Å²) in [6, 6.07) is 5.76. The highest BCUT2D eigenvalue weighted by atomic mass is 79.9. The molecule has 0 saturated carbocycles. The molecule has 0 saturated heterocycles. The zero-order valence-corrected chi connectivity index (χ0v) is 12.3. The third kappa shape index (κ3) is 3.84. The van der Waals surface area contributed by atoms with E-state index < -0.39 is 11.7 Å². The molecule has 0 spiro atoms. The maximum absolute atomic E-state index is 11.4. The van der Waals surface area contributed by atoms with Gasteiger partial charge in [0.2, 0.25) is 5.78 Å². The highest BCUT2D eigenvalue weighted by molar-refractivity contribution is 9.10. The van der Waals surface area contributed by atoms with E-state index in [9.17, 15) is 9.59 Å². The Kier molecular flexibility index (Phi) is 5.34. The fourth-order valence-electron chi connectivity index (χ4n) is 1.53. The lowest BCUT2D eigenvalue weighted by Crippen LogP contribution is -2.33. The molecular weight excluding hydrogens is 298 g/mol. The van der Waals surface area contributed by atoms with Crippen LogP contribution in [0.3, 0.4) is 0 Å². The summed E-state index contributed by atoms with van der Waals surface area (Å²) >= 11 is 3.41. The number of nitrogens with zero attached hydrogens (tertiary/aromatic N) is 1. The first-order valence-corrected chi connectivity index (χ1v) is 6.33. The van der Waals surface area contributed by atoms with Gasteiger partial charge in [-0.1, -0.05) is 6.07 Å². The Balaban J connectivity index is 2.61. The van der Waals surface area contributed by atoms with Gasteiger partial charge in [0.05, 0.1) is 11.6 Å². The number of halogens is 1. The van der Waals surface area contributed by atoms with Crippen molar-refractivity contribution in [3.8, 4) is 5.75 Å². The van der Waals surface area contributed by atoms with Crippen LogP contribution >= 0.6 is 15.9 Å². The van der Waals surface area contributed by atoms with E-state index in [1.54, 1.807) is 14.2 Å². The molecule has 0 bridgehead atoms. The molecule has 0 unspecified atom stereocenters. The van der Waals surface area contributed by atoms with Crippen molar-refractivity contribution in [3.05, 3.63) is 28.2 Å². The topological polar surface area (TPSA) is 46.6 Å². The van der Waals surface area contributed by atoms with Gasteiger partial charge >= 0.3 is 0 Å². The lowest BCUT2D eigenvalue weighted by Gasteiger charge is -2.15. The summed E-state index contributed by atoms with van der Waals surface area (Å²) in [6.45, 7) is 1.79. The molecule has 0 aromatic heterocycles. The van der Waals surface area contributed by atoms with E-state index in [-0.39, 0.29) is 0 Å². The van der Waals surface area contributed by atoms with Crippen LogP contribution in [0.5, 0.6) is 5.75 Å². The molecule has 1 rings (SSSR count). The molecule has 0 fully saturated rings. The molecule has 98 valence electrons. The minimum absolute atomic E-state index is 0.437. The normalized spacial score (nSPS) is 10.0. The van der Waals surface area contributed by atoms with E-state index in [0.29, 0.717) is 13.0 Å². The fraction of sp³-hybridized carbons (Fsp3) is 0.385. The van der Waals surface area contributed by atoms with Crippen LogP contribution in [0.1, 0.15) is 12.5 Å². The minimum atomic E-state index is -0.456. The van der Waals surface area contributed by atoms with Crippen LogP contribution in [-0.4, -0.2) is 37.3 Å². The largest absolute Gasteiger partial charge is 0.496 e. The van der Waals surface area contributed by atoms with Crippen LogP contribution in [0, 0.1) is 0 Å². The van der Waals surface area contributed by atoms with Gasteiger partial charge in [-0.15, -0.1) is 0 Å². The highest BCUT2D eigenvalue weighted by Crippen LogP contribution is 2.25. The lowest BCUT2D eigenvalue weighted by molar-refractivity contribution is -0.142. The van der Waals surface area contributed by atoms with Crippen LogP contribution in [0.2, 0.25) is 0 Å². The SMILES string of the molecule is COc1ccc(CCN(C)C(=O)C(C)=O)cc1Br. The van der Waals surface area contributed by atoms with Crippen LogP contribution in [0.4, 0.5) is 0 Å². The van der Waals surface area contributed by atoms with Gasteiger partial charge in [0, 0.05) is 20.5 Å². The molecule has 0 aliphatic carbocycles. The molecule has 0 heterocycles. The van der Waals surface area contributed by atoms with Crippen molar-refractivity contribution in [1.29, 1.82) is 0 Å². The number of carbonyl (C=O) groups excluding carboxylic acids is 2. The molecule has 0 atom stereocenters. The number of carbonyl (C=O) groups is 2. The fourth-order valence-corrected chi connectivity index (χ4v) is 2.12. The number of ether oxygens (including phenoxy) is 1. The number of hydrogen-bond donors (Lipinski definition) is 0. The number of amides is 1. The van der Waals surface area contributed by atoms with Crippen LogP contribution < -0.4 is 4.74 Å². The van der Waals surface area contributed by atoms with Crippen molar-refractivity contribution in [3.63, 3.8) is 0 Å².